The van der Waals surface area contributed by atoms with E-state index in [4.69, 9.17) is 10.3 Å². The second-order valence-electron chi connectivity index (χ2n) is 5.29. The molecule has 1 atom stereocenters. The van der Waals surface area contributed by atoms with Gasteiger partial charge in [-0.15, -0.1) is 0 Å². The third-order valence-electron chi connectivity index (χ3n) is 3.62. The number of nitrogens with zero attached hydrogens (tertiary/aromatic N) is 2. The number of benzene rings is 1. The molecular weight excluding hydrogens is 238 g/mol. The lowest BCUT2D eigenvalue weighted by molar-refractivity contribution is 0.343. The van der Waals surface area contributed by atoms with Crippen LogP contribution in [0.15, 0.2) is 34.9 Å². The Morgan fingerprint density at radius 1 is 1.26 bits per heavy atom. The van der Waals surface area contributed by atoms with Gasteiger partial charge in [-0.1, -0.05) is 42.4 Å². The lowest BCUT2D eigenvalue weighted by Gasteiger charge is -2.20. The Balaban J connectivity index is 2.32. The van der Waals surface area contributed by atoms with Crippen LogP contribution in [0.5, 0.6) is 0 Å². The molecule has 4 heteroatoms. The van der Waals surface area contributed by atoms with Gasteiger partial charge in [0.1, 0.15) is 0 Å². The van der Waals surface area contributed by atoms with Gasteiger partial charge in [-0.25, -0.2) is 0 Å². The minimum atomic E-state index is -0.268. The van der Waals surface area contributed by atoms with Gasteiger partial charge in [0, 0.05) is 6.54 Å². The average molecular weight is 259 g/mol. The van der Waals surface area contributed by atoms with Crippen molar-refractivity contribution in [3.8, 4) is 0 Å². The van der Waals surface area contributed by atoms with Gasteiger partial charge in [-0.05, 0) is 25.8 Å². The van der Waals surface area contributed by atoms with Crippen LogP contribution >= 0.6 is 0 Å². The first kappa shape index (κ1) is 13.7. The van der Waals surface area contributed by atoms with E-state index < -0.39 is 0 Å². The molecular formula is C15H21N3O. The lowest BCUT2D eigenvalue weighted by Crippen LogP contribution is -2.21. The number of aromatic nitrogens is 2. The molecule has 0 saturated heterocycles. The molecule has 0 fully saturated rings. The molecule has 4 nitrogen and oxygen atoms in total. The first-order valence-corrected chi connectivity index (χ1v) is 6.69. The molecule has 0 amide bonds. The summed E-state index contributed by atoms with van der Waals surface area (Å²) in [7, 11) is 0. The third kappa shape index (κ3) is 2.68. The van der Waals surface area contributed by atoms with Crippen molar-refractivity contribution in [2.75, 3.05) is 6.54 Å². The highest BCUT2D eigenvalue weighted by atomic mass is 16.5. The second kappa shape index (κ2) is 5.53. The molecule has 2 N–H and O–H groups in total. The van der Waals surface area contributed by atoms with Crippen LogP contribution in [-0.4, -0.2) is 16.7 Å². The zero-order valence-electron chi connectivity index (χ0n) is 11.8. The molecule has 0 radical (unpaired) electrons. The van der Waals surface area contributed by atoms with Crippen LogP contribution < -0.4 is 5.73 Å². The fourth-order valence-corrected chi connectivity index (χ4v) is 2.08. The van der Waals surface area contributed by atoms with E-state index in [0.29, 0.717) is 18.3 Å². The van der Waals surface area contributed by atoms with Crippen LogP contribution in [0.1, 0.15) is 50.4 Å². The molecule has 19 heavy (non-hydrogen) atoms. The van der Waals surface area contributed by atoms with Gasteiger partial charge in [0.15, 0.2) is 5.82 Å². The topological polar surface area (TPSA) is 64.9 Å². The minimum Gasteiger partial charge on any atom is -0.339 e. The molecule has 0 aliphatic rings. The summed E-state index contributed by atoms with van der Waals surface area (Å²) < 4.78 is 5.38. The Morgan fingerprint density at radius 2 is 1.95 bits per heavy atom. The molecule has 1 aromatic carbocycles. The molecule has 1 heterocycles. The molecule has 1 aromatic heterocycles. The summed E-state index contributed by atoms with van der Waals surface area (Å²) in [5.74, 6) is 1.50. The van der Waals surface area contributed by atoms with Crippen molar-refractivity contribution in [3.05, 3.63) is 47.6 Å². The summed E-state index contributed by atoms with van der Waals surface area (Å²) >= 11 is 0. The van der Waals surface area contributed by atoms with Crippen molar-refractivity contribution in [2.45, 2.75) is 38.5 Å². The first-order valence-electron chi connectivity index (χ1n) is 6.69. The van der Waals surface area contributed by atoms with Gasteiger partial charge in [0.2, 0.25) is 5.89 Å². The van der Waals surface area contributed by atoms with E-state index in [9.17, 15) is 0 Å². The predicted octanol–water partition coefficient (Wildman–Crippen LogP) is 2.85. The summed E-state index contributed by atoms with van der Waals surface area (Å²) in [4.78, 5) is 4.54. The number of hydrogen-bond donors (Lipinski definition) is 1. The molecule has 0 bridgehead atoms. The van der Waals surface area contributed by atoms with Crippen LogP contribution in [0.4, 0.5) is 0 Å². The van der Waals surface area contributed by atoms with E-state index in [2.05, 4.69) is 43.0 Å². The quantitative estimate of drug-likeness (QED) is 0.896. The maximum atomic E-state index is 5.72. The van der Waals surface area contributed by atoms with E-state index in [1.165, 1.54) is 5.56 Å². The first-order chi connectivity index (χ1) is 9.09. The third-order valence-corrected chi connectivity index (χ3v) is 3.62. The fourth-order valence-electron chi connectivity index (χ4n) is 2.08. The molecule has 0 aliphatic carbocycles. The Kier molecular flexibility index (Phi) is 4.00. The molecule has 2 rings (SSSR count). The van der Waals surface area contributed by atoms with Crippen LogP contribution in [-0.2, 0) is 5.41 Å². The highest BCUT2D eigenvalue weighted by Crippen LogP contribution is 2.30. The predicted molar refractivity (Wildman–Crippen MR) is 75.0 cm³/mol. The molecule has 0 saturated carbocycles. The normalized spacial score (nSPS) is 13.5. The summed E-state index contributed by atoms with van der Waals surface area (Å²) in [6, 6.07) is 10.2. The maximum Gasteiger partial charge on any atom is 0.231 e. The van der Waals surface area contributed by atoms with Gasteiger partial charge >= 0.3 is 0 Å². The minimum absolute atomic E-state index is 0.146. The van der Waals surface area contributed by atoms with Gasteiger partial charge in [0.05, 0.1) is 11.3 Å². The summed E-state index contributed by atoms with van der Waals surface area (Å²) in [5, 5.41) is 4.14. The summed E-state index contributed by atoms with van der Waals surface area (Å²) in [6.45, 7) is 6.80. The highest BCUT2D eigenvalue weighted by Gasteiger charge is 2.29. The Hall–Kier alpha value is -1.68. The molecule has 1 unspecified atom stereocenters. The Labute approximate surface area is 114 Å². The van der Waals surface area contributed by atoms with Gasteiger partial charge in [-0.2, -0.15) is 4.98 Å². The number of rotatable bonds is 5. The van der Waals surface area contributed by atoms with E-state index in [-0.39, 0.29) is 11.3 Å². The highest BCUT2D eigenvalue weighted by molar-refractivity contribution is 5.30. The van der Waals surface area contributed by atoms with Crippen molar-refractivity contribution >= 4 is 0 Å². The molecule has 0 aliphatic heterocycles. The largest absolute Gasteiger partial charge is 0.339 e. The molecule has 2 aromatic rings. The van der Waals surface area contributed by atoms with E-state index in [1.807, 2.05) is 18.2 Å². The van der Waals surface area contributed by atoms with Gasteiger partial charge < -0.3 is 10.3 Å². The van der Waals surface area contributed by atoms with Crippen LogP contribution in [0.25, 0.3) is 0 Å². The van der Waals surface area contributed by atoms with Gasteiger partial charge in [-0.3, -0.25) is 0 Å². The molecule has 102 valence electrons. The van der Waals surface area contributed by atoms with Crippen molar-refractivity contribution in [1.29, 1.82) is 0 Å². The van der Waals surface area contributed by atoms with Gasteiger partial charge in [0.25, 0.3) is 0 Å². The standard InChI is InChI=1S/C15H21N3O/c1-4-11(10-16)13-17-14(18-19-13)15(2,3)12-8-6-5-7-9-12/h5-9,11H,4,10,16H2,1-3H3. The maximum absolute atomic E-state index is 5.72. The van der Waals surface area contributed by atoms with Crippen molar-refractivity contribution in [2.24, 2.45) is 5.73 Å². The smallest absolute Gasteiger partial charge is 0.231 e. The zero-order chi connectivity index (χ0) is 13.9. The lowest BCUT2D eigenvalue weighted by atomic mass is 9.84. The number of nitrogens with two attached hydrogens (primary N) is 1. The van der Waals surface area contributed by atoms with Crippen molar-refractivity contribution < 1.29 is 4.52 Å². The fraction of sp³-hybridized carbons (Fsp3) is 0.467. The van der Waals surface area contributed by atoms with Crippen molar-refractivity contribution in [3.63, 3.8) is 0 Å². The second-order valence-corrected chi connectivity index (χ2v) is 5.29. The molecule has 0 spiro atoms. The summed E-state index contributed by atoms with van der Waals surface area (Å²) in [5.41, 5.74) is 6.62. The average Bonchev–Trinajstić information content (AvgIpc) is 2.92. The van der Waals surface area contributed by atoms with Crippen LogP contribution in [0.3, 0.4) is 0 Å². The van der Waals surface area contributed by atoms with Crippen molar-refractivity contribution in [1.82, 2.24) is 10.1 Å². The van der Waals surface area contributed by atoms with E-state index in [0.717, 1.165) is 6.42 Å². The Morgan fingerprint density at radius 3 is 2.53 bits per heavy atom. The summed E-state index contributed by atoms with van der Waals surface area (Å²) in [6.07, 6.45) is 0.907. The monoisotopic (exact) mass is 259 g/mol. The zero-order valence-corrected chi connectivity index (χ0v) is 11.8. The SMILES string of the molecule is CCC(CN)c1nc(C(C)(C)c2ccccc2)no1. The van der Waals surface area contributed by atoms with E-state index in [1.54, 1.807) is 0 Å². The van der Waals surface area contributed by atoms with E-state index >= 15 is 0 Å². The van der Waals surface area contributed by atoms with Crippen LogP contribution in [0, 0.1) is 0 Å². The number of hydrogen-bond acceptors (Lipinski definition) is 4. The van der Waals surface area contributed by atoms with Crippen LogP contribution in [0.2, 0.25) is 0 Å². The Bertz CT molecular complexity index is 515.